The SMILES string of the molecule is COc1ccc2c(CCl)c[nH]c2c1Br. The molecule has 0 atom stereocenters. The van der Waals surface area contributed by atoms with Gasteiger partial charge in [-0.2, -0.15) is 0 Å². The number of rotatable bonds is 2. The van der Waals surface area contributed by atoms with E-state index in [-0.39, 0.29) is 0 Å². The molecular weight excluding hydrogens is 265 g/mol. The average molecular weight is 275 g/mol. The van der Waals surface area contributed by atoms with Crippen LogP contribution in [0.3, 0.4) is 0 Å². The molecule has 2 rings (SSSR count). The Morgan fingerprint density at radius 2 is 2.29 bits per heavy atom. The van der Waals surface area contributed by atoms with Gasteiger partial charge in [0.2, 0.25) is 0 Å². The van der Waals surface area contributed by atoms with E-state index in [2.05, 4.69) is 20.9 Å². The Hall–Kier alpha value is -0.670. The normalized spacial score (nSPS) is 10.8. The third-order valence-corrected chi connectivity index (χ3v) is 3.28. The Kier molecular flexibility index (Phi) is 2.70. The molecule has 0 amide bonds. The molecule has 4 heteroatoms. The maximum atomic E-state index is 5.81. The maximum Gasteiger partial charge on any atom is 0.135 e. The Labute approximate surface area is 95.3 Å². The molecule has 0 saturated heterocycles. The molecule has 1 aromatic heterocycles. The summed E-state index contributed by atoms with van der Waals surface area (Å²) in [6.45, 7) is 0. The first-order valence-corrected chi connectivity index (χ1v) is 5.49. The quantitative estimate of drug-likeness (QED) is 0.830. The van der Waals surface area contributed by atoms with Crippen LogP contribution in [0, 0.1) is 0 Å². The predicted octanol–water partition coefficient (Wildman–Crippen LogP) is 3.68. The van der Waals surface area contributed by atoms with Crippen molar-refractivity contribution in [1.82, 2.24) is 4.98 Å². The summed E-state index contributed by atoms with van der Waals surface area (Å²) in [4.78, 5) is 3.17. The van der Waals surface area contributed by atoms with Gasteiger partial charge >= 0.3 is 0 Å². The summed E-state index contributed by atoms with van der Waals surface area (Å²) in [5.74, 6) is 1.33. The molecule has 0 aliphatic rings. The van der Waals surface area contributed by atoms with E-state index in [0.29, 0.717) is 5.88 Å². The molecule has 2 aromatic rings. The van der Waals surface area contributed by atoms with Crippen LogP contribution in [0.2, 0.25) is 0 Å². The Morgan fingerprint density at radius 1 is 1.50 bits per heavy atom. The van der Waals surface area contributed by atoms with E-state index < -0.39 is 0 Å². The van der Waals surface area contributed by atoms with Gasteiger partial charge in [-0.15, -0.1) is 11.6 Å². The summed E-state index contributed by atoms with van der Waals surface area (Å²) in [7, 11) is 1.65. The lowest BCUT2D eigenvalue weighted by molar-refractivity contribution is 0.413. The van der Waals surface area contributed by atoms with Crippen LogP contribution in [0.5, 0.6) is 5.75 Å². The molecule has 1 heterocycles. The Morgan fingerprint density at radius 3 is 2.93 bits per heavy atom. The molecular formula is C10H9BrClNO. The van der Waals surface area contributed by atoms with Crippen molar-refractivity contribution >= 4 is 38.4 Å². The number of fused-ring (bicyclic) bond motifs is 1. The minimum Gasteiger partial charge on any atom is -0.495 e. The van der Waals surface area contributed by atoms with Gasteiger partial charge in [0.25, 0.3) is 0 Å². The summed E-state index contributed by atoms with van der Waals surface area (Å²) in [5.41, 5.74) is 2.13. The molecule has 0 saturated carbocycles. The molecule has 0 bridgehead atoms. The lowest BCUT2D eigenvalue weighted by Crippen LogP contribution is -1.84. The van der Waals surface area contributed by atoms with Crippen LogP contribution in [0.1, 0.15) is 5.56 Å². The van der Waals surface area contributed by atoms with Gasteiger partial charge in [-0.1, -0.05) is 0 Å². The first kappa shape index (κ1) is 9.87. The minimum atomic E-state index is 0.513. The van der Waals surface area contributed by atoms with E-state index in [4.69, 9.17) is 16.3 Å². The standard InChI is InChI=1S/C10H9BrClNO/c1-14-8-3-2-7-6(4-12)5-13-10(7)9(8)11/h2-3,5,13H,4H2,1H3. The molecule has 74 valence electrons. The number of methoxy groups -OCH3 is 1. The number of halogens is 2. The largest absolute Gasteiger partial charge is 0.495 e. The highest BCUT2D eigenvalue weighted by molar-refractivity contribution is 9.10. The van der Waals surface area contributed by atoms with Crippen LogP contribution < -0.4 is 4.74 Å². The number of ether oxygens (including phenoxy) is 1. The van der Waals surface area contributed by atoms with Gasteiger partial charge in [0, 0.05) is 17.5 Å². The number of aromatic amines is 1. The molecule has 0 spiro atoms. The van der Waals surface area contributed by atoms with Crippen LogP contribution >= 0.6 is 27.5 Å². The van der Waals surface area contributed by atoms with Gasteiger partial charge in [-0.25, -0.2) is 0 Å². The number of alkyl halides is 1. The molecule has 0 aliphatic carbocycles. The summed E-state index contributed by atoms with van der Waals surface area (Å²) < 4.78 is 6.13. The molecule has 1 aromatic carbocycles. The third kappa shape index (κ3) is 1.41. The number of aromatic nitrogens is 1. The molecule has 0 fully saturated rings. The van der Waals surface area contributed by atoms with Crippen molar-refractivity contribution in [3.63, 3.8) is 0 Å². The Balaban J connectivity index is 2.72. The number of hydrogen-bond donors (Lipinski definition) is 1. The summed E-state index contributed by atoms with van der Waals surface area (Å²) >= 11 is 9.29. The zero-order valence-corrected chi connectivity index (χ0v) is 9.95. The molecule has 2 nitrogen and oxygen atoms in total. The maximum absolute atomic E-state index is 5.81. The highest BCUT2D eigenvalue weighted by Crippen LogP contribution is 2.34. The van der Waals surface area contributed by atoms with E-state index in [1.54, 1.807) is 7.11 Å². The molecule has 14 heavy (non-hydrogen) atoms. The molecule has 0 aliphatic heterocycles. The van der Waals surface area contributed by atoms with Crippen molar-refractivity contribution in [2.75, 3.05) is 7.11 Å². The predicted molar refractivity (Wildman–Crippen MR) is 62.1 cm³/mol. The van der Waals surface area contributed by atoms with Crippen molar-refractivity contribution in [1.29, 1.82) is 0 Å². The number of hydrogen-bond acceptors (Lipinski definition) is 1. The van der Waals surface area contributed by atoms with Crippen molar-refractivity contribution in [2.45, 2.75) is 5.88 Å². The fraction of sp³-hybridized carbons (Fsp3) is 0.200. The highest BCUT2D eigenvalue weighted by Gasteiger charge is 2.09. The van der Waals surface area contributed by atoms with E-state index in [1.165, 1.54) is 0 Å². The fourth-order valence-corrected chi connectivity index (χ4v) is 2.31. The van der Waals surface area contributed by atoms with Gasteiger partial charge in [-0.05, 0) is 33.6 Å². The second-order valence-corrected chi connectivity index (χ2v) is 4.01. The van der Waals surface area contributed by atoms with E-state index in [9.17, 15) is 0 Å². The van der Waals surface area contributed by atoms with Crippen LogP contribution in [-0.2, 0) is 5.88 Å². The van der Waals surface area contributed by atoms with Crippen LogP contribution in [0.15, 0.2) is 22.8 Å². The average Bonchev–Trinajstić information content (AvgIpc) is 2.62. The number of H-pyrrole nitrogens is 1. The monoisotopic (exact) mass is 273 g/mol. The zero-order chi connectivity index (χ0) is 10.1. The van der Waals surface area contributed by atoms with Crippen molar-refractivity contribution < 1.29 is 4.74 Å². The fourth-order valence-electron chi connectivity index (χ4n) is 1.47. The highest BCUT2D eigenvalue weighted by atomic mass is 79.9. The van der Waals surface area contributed by atoms with Crippen LogP contribution in [0.4, 0.5) is 0 Å². The first-order valence-electron chi connectivity index (χ1n) is 4.16. The summed E-state index contributed by atoms with van der Waals surface area (Å²) in [5, 5.41) is 1.13. The zero-order valence-electron chi connectivity index (χ0n) is 7.60. The second-order valence-electron chi connectivity index (χ2n) is 2.95. The van der Waals surface area contributed by atoms with E-state index >= 15 is 0 Å². The molecule has 0 unspecified atom stereocenters. The van der Waals surface area contributed by atoms with Crippen LogP contribution in [0.25, 0.3) is 10.9 Å². The van der Waals surface area contributed by atoms with Gasteiger partial charge in [0.05, 0.1) is 17.1 Å². The lowest BCUT2D eigenvalue weighted by Gasteiger charge is -2.03. The Bertz CT molecular complexity index is 466. The topological polar surface area (TPSA) is 25.0 Å². The number of benzene rings is 1. The summed E-state index contributed by atoms with van der Waals surface area (Å²) in [6, 6.07) is 3.93. The van der Waals surface area contributed by atoms with Gasteiger partial charge in [0.1, 0.15) is 5.75 Å². The van der Waals surface area contributed by atoms with E-state index in [1.807, 2.05) is 18.3 Å². The second kappa shape index (κ2) is 3.83. The smallest absolute Gasteiger partial charge is 0.135 e. The number of nitrogens with one attached hydrogen (secondary N) is 1. The molecule has 1 N–H and O–H groups in total. The first-order chi connectivity index (χ1) is 6.77. The van der Waals surface area contributed by atoms with E-state index in [0.717, 1.165) is 26.7 Å². The minimum absolute atomic E-state index is 0.513. The van der Waals surface area contributed by atoms with Crippen molar-refractivity contribution in [3.8, 4) is 5.75 Å². The van der Waals surface area contributed by atoms with Gasteiger partial charge in [0.15, 0.2) is 0 Å². The lowest BCUT2D eigenvalue weighted by atomic mass is 10.2. The van der Waals surface area contributed by atoms with Gasteiger partial charge < -0.3 is 9.72 Å². The van der Waals surface area contributed by atoms with Crippen molar-refractivity contribution in [2.24, 2.45) is 0 Å². The van der Waals surface area contributed by atoms with Gasteiger partial charge in [-0.3, -0.25) is 0 Å². The van der Waals surface area contributed by atoms with Crippen LogP contribution in [-0.4, -0.2) is 12.1 Å². The third-order valence-electron chi connectivity index (χ3n) is 2.21. The molecule has 0 radical (unpaired) electrons. The van der Waals surface area contributed by atoms with Crippen molar-refractivity contribution in [3.05, 3.63) is 28.4 Å². The summed E-state index contributed by atoms with van der Waals surface area (Å²) in [6.07, 6.45) is 1.92.